The summed E-state index contributed by atoms with van der Waals surface area (Å²) in [7, 11) is -4.18. The Morgan fingerprint density at radius 3 is 2.12 bits per heavy atom. The maximum Gasteiger partial charge on any atom is 0.335 e. The fraction of sp³-hybridized carbons (Fsp3) is 0.391. The highest BCUT2D eigenvalue weighted by Gasteiger charge is 2.27. The Morgan fingerprint density at radius 1 is 1.09 bits per heavy atom. The molecule has 1 heterocycles. The molecule has 2 aromatic carbocycles. The molecule has 4 N–H and O–H groups in total. The van der Waals surface area contributed by atoms with Crippen molar-refractivity contribution in [3.8, 4) is 11.5 Å². The number of carbonyl (C=O) groups excluding carboxylic acids is 1. The molecule has 1 fully saturated rings. The number of aromatic carboxylic acids is 1. The second-order valence-corrected chi connectivity index (χ2v) is 9.04. The van der Waals surface area contributed by atoms with Crippen molar-refractivity contribution in [2.24, 2.45) is 5.14 Å². The Bertz CT molecular complexity index is 1080. The monoisotopic (exact) mass is 493 g/mol. The fourth-order valence-corrected chi connectivity index (χ4v) is 4.20. The first-order valence-corrected chi connectivity index (χ1v) is 12.5. The number of carbonyl (C=O) groups is 2. The third kappa shape index (κ3) is 7.17. The molecule has 10 nitrogen and oxygen atoms in total. The SMILES string of the molecule is CCN(CC)C(=O)CO.NS(=O)(=O)c1cc(C(=O)O)cc(N2CCCC2)c1Oc1ccccc1. The van der Waals surface area contributed by atoms with Gasteiger partial charge in [0.1, 0.15) is 17.3 Å². The van der Waals surface area contributed by atoms with E-state index in [0.717, 1.165) is 18.9 Å². The first-order chi connectivity index (χ1) is 16.1. The Morgan fingerprint density at radius 2 is 1.68 bits per heavy atom. The largest absolute Gasteiger partial charge is 0.478 e. The molecule has 1 aliphatic heterocycles. The molecule has 0 unspecified atom stereocenters. The van der Waals surface area contributed by atoms with E-state index in [-0.39, 0.29) is 28.7 Å². The number of hydrogen-bond acceptors (Lipinski definition) is 7. The predicted octanol–water partition coefficient (Wildman–Crippen LogP) is 2.27. The summed E-state index contributed by atoms with van der Waals surface area (Å²) in [5.74, 6) is -0.923. The van der Waals surface area contributed by atoms with E-state index in [4.69, 9.17) is 15.0 Å². The number of para-hydroxylation sites is 1. The van der Waals surface area contributed by atoms with E-state index >= 15 is 0 Å². The molecule has 11 heteroatoms. The number of likely N-dealkylation sites (N-methyl/N-ethyl adjacent to an activating group) is 1. The summed E-state index contributed by atoms with van der Waals surface area (Å²) in [5.41, 5.74) is 0.275. The van der Waals surface area contributed by atoms with E-state index in [2.05, 4.69) is 0 Å². The van der Waals surface area contributed by atoms with Gasteiger partial charge in [0.2, 0.25) is 15.9 Å². The molecular formula is C23H31N3O7S. The molecular weight excluding hydrogens is 462 g/mol. The first kappa shape index (κ1) is 27.1. The molecule has 1 aliphatic rings. The minimum atomic E-state index is -4.18. The number of nitrogens with zero attached hydrogens (tertiary/aromatic N) is 2. The number of benzene rings is 2. The van der Waals surface area contributed by atoms with Crippen LogP contribution in [-0.2, 0) is 14.8 Å². The minimum Gasteiger partial charge on any atom is -0.478 e. The predicted molar refractivity (Wildman–Crippen MR) is 128 cm³/mol. The van der Waals surface area contributed by atoms with E-state index in [9.17, 15) is 23.1 Å². The number of aliphatic hydroxyl groups is 1. The summed E-state index contributed by atoms with van der Waals surface area (Å²) in [4.78, 5) is 25.2. The van der Waals surface area contributed by atoms with Crippen LogP contribution in [0.4, 0.5) is 5.69 Å². The van der Waals surface area contributed by atoms with Crippen molar-refractivity contribution in [1.82, 2.24) is 4.90 Å². The van der Waals surface area contributed by atoms with E-state index in [1.165, 1.54) is 6.07 Å². The first-order valence-electron chi connectivity index (χ1n) is 10.9. The van der Waals surface area contributed by atoms with E-state index in [0.29, 0.717) is 37.6 Å². The molecule has 0 radical (unpaired) electrons. The van der Waals surface area contributed by atoms with Crippen LogP contribution in [0, 0.1) is 0 Å². The molecule has 186 valence electrons. The van der Waals surface area contributed by atoms with Crippen LogP contribution in [-0.4, -0.2) is 68.2 Å². The quantitative estimate of drug-likeness (QED) is 0.507. The van der Waals surface area contributed by atoms with Gasteiger partial charge in [-0.3, -0.25) is 4.79 Å². The lowest BCUT2D eigenvalue weighted by molar-refractivity contribution is -0.133. The topological polar surface area (TPSA) is 150 Å². The highest BCUT2D eigenvalue weighted by atomic mass is 32.2. The molecule has 0 aromatic heterocycles. The maximum absolute atomic E-state index is 12.1. The molecule has 0 aliphatic carbocycles. The summed E-state index contributed by atoms with van der Waals surface area (Å²) in [6, 6.07) is 11.2. The number of anilines is 1. The van der Waals surface area contributed by atoms with Gasteiger partial charge in [-0.05, 0) is 51.0 Å². The molecule has 0 saturated carbocycles. The molecule has 0 spiro atoms. The molecule has 3 rings (SSSR count). The van der Waals surface area contributed by atoms with Gasteiger partial charge in [0.15, 0.2) is 5.75 Å². The van der Waals surface area contributed by atoms with E-state index < -0.39 is 16.0 Å². The highest BCUT2D eigenvalue weighted by molar-refractivity contribution is 7.89. The molecule has 0 bridgehead atoms. The van der Waals surface area contributed by atoms with Gasteiger partial charge in [0.25, 0.3) is 0 Å². The number of nitrogens with two attached hydrogens (primary N) is 1. The van der Waals surface area contributed by atoms with Crippen molar-refractivity contribution in [3.63, 3.8) is 0 Å². The molecule has 1 saturated heterocycles. The number of ether oxygens (including phenoxy) is 1. The Kier molecular flexibility index (Phi) is 9.84. The van der Waals surface area contributed by atoms with Crippen LogP contribution in [0.2, 0.25) is 0 Å². The van der Waals surface area contributed by atoms with Crippen molar-refractivity contribution >= 4 is 27.6 Å². The number of rotatable bonds is 8. The van der Waals surface area contributed by atoms with Crippen molar-refractivity contribution in [2.75, 3.05) is 37.7 Å². The van der Waals surface area contributed by atoms with E-state index in [1.807, 2.05) is 24.8 Å². The summed E-state index contributed by atoms with van der Waals surface area (Å²) < 4.78 is 30.0. The number of primary sulfonamides is 1. The lowest BCUT2D eigenvalue weighted by atomic mass is 10.1. The average molecular weight is 494 g/mol. The standard InChI is InChI=1S/C17H18N2O5S.C6H13NO2/c18-25(22,23)15-11-12(17(20)21)10-14(19-8-4-5-9-19)16(15)24-13-6-2-1-3-7-13;1-3-7(4-2)6(9)5-8/h1-3,6-7,10-11H,4-5,8-9H2,(H,20,21)(H2,18,22,23);8H,3-5H2,1-2H3. The molecule has 0 atom stereocenters. The Hall–Kier alpha value is -3.15. The van der Waals surface area contributed by atoms with Crippen LogP contribution in [0.5, 0.6) is 11.5 Å². The summed E-state index contributed by atoms with van der Waals surface area (Å²) in [6.45, 7) is 6.14. The Balaban J connectivity index is 0.000000387. The van der Waals surface area contributed by atoms with Crippen LogP contribution in [0.25, 0.3) is 0 Å². The summed E-state index contributed by atoms with van der Waals surface area (Å²) in [5, 5.41) is 23.0. The van der Waals surface area contributed by atoms with Gasteiger partial charge in [-0.2, -0.15) is 0 Å². The van der Waals surface area contributed by atoms with Crippen LogP contribution in [0.15, 0.2) is 47.4 Å². The lowest BCUT2D eigenvalue weighted by Crippen LogP contribution is -2.32. The molecule has 2 aromatic rings. The van der Waals surface area contributed by atoms with Gasteiger partial charge in [-0.1, -0.05) is 18.2 Å². The lowest BCUT2D eigenvalue weighted by Gasteiger charge is -2.23. The van der Waals surface area contributed by atoms with Crippen LogP contribution >= 0.6 is 0 Å². The summed E-state index contributed by atoms with van der Waals surface area (Å²) in [6.07, 6.45) is 1.87. The second-order valence-electron chi connectivity index (χ2n) is 7.51. The van der Waals surface area contributed by atoms with Gasteiger partial charge in [-0.15, -0.1) is 0 Å². The number of carboxylic acids is 1. The third-order valence-corrected chi connectivity index (χ3v) is 6.17. The zero-order chi connectivity index (χ0) is 25.3. The van der Waals surface area contributed by atoms with Crippen molar-refractivity contribution in [3.05, 3.63) is 48.0 Å². The fourth-order valence-electron chi connectivity index (χ4n) is 3.50. The normalized spacial score (nSPS) is 13.1. The maximum atomic E-state index is 12.1. The van der Waals surface area contributed by atoms with Crippen LogP contribution in [0.1, 0.15) is 37.0 Å². The number of hydrogen-bond donors (Lipinski definition) is 3. The smallest absolute Gasteiger partial charge is 0.335 e. The second kappa shape index (κ2) is 12.4. The third-order valence-electron chi connectivity index (χ3n) is 5.25. The van der Waals surface area contributed by atoms with Crippen LogP contribution < -0.4 is 14.8 Å². The minimum absolute atomic E-state index is 0.0561. The van der Waals surface area contributed by atoms with Gasteiger partial charge in [-0.25, -0.2) is 18.4 Å². The number of carboxylic acid groups (broad SMARTS) is 1. The zero-order valence-corrected chi connectivity index (χ0v) is 20.1. The number of aliphatic hydroxyl groups excluding tert-OH is 1. The van der Waals surface area contributed by atoms with Gasteiger partial charge in [0.05, 0.1) is 11.3 Å². The summed E-state index contributed by atoms with van der Waals surface area (Å²) >= 11 is 0. The van der Waals surface area contributed by atoms with Crippen molar-refractivity contribution < 1.29 is 33.0 Å². The van der Waals surface area contributed by atoms with Crippen molar-refractivity contribution in [1.29, 1.82) is 0 Å². The average Bonchev–Trinajstić information content (AvgIpc) is 3.35. The van der Waals surface area contributed by atoms with Crippen molar-refractivity contribution in [2.45, 2.75) is 31.6 Å². The van der Waals surface area contributed by atoms with Gasteiger partial charge in [0, 0.05) is 26.2 Å². The van der Waals surface area contributed by atoms with E-state index in [1.54, 1.807) is 29.2 Å². The van der Waals surface area contributed by atoms with Crippen LogP contribution in [0.3, 0.4) is 0 Å². The number of sulfonamides is 1. The Labute approximate surface area is 199 Å². The molecule has 1 amide bonds. The number of amides is 1. The van der Waals surface area contributed by atoms with Gasteiger partial charge < -0.3 is 24.7 Å². The molecule has 34 heavy (non-hydrogen) atoms. The zero-order valence-electron chi connectivity index (χ0n) is 19.3. The highest BCUT2D eigenvalue weighted by Crippen LogP contribution is 2.40. The van der Waals surface area contributed by atoms with Gasteiger partial charge >= 0.3 is 5.97 Å².